The predicted molar refractivity (Wildman–Crippen MR) is 128 cm³/mol. The monoisotopic (exact) mass is 485 g/mol. The Bertz CT molecular complexity index is 1320. The number of hydrogen-bond donors (Lipinski definition) is 2. The van der Waals surface area contributed by atoms with Gasteiger partial charge >= 0.3 is 0 Å². The summed E-state index contributed by atoms with van der Waals surface area (Å²) < 4.78 is 33.0. The fourth-order valence-electron chi connectivity index (χ4n) is 5.02. The molecule has 3 aliphatic heterocycles. The Morgan fingerprint density at radius 1 is 1.29 bits per heavy atom. The highest BCUT2D eigenvalue weighted by Crippen LogP contribution is 2.42. The van der Waals surface area contributed by atoms with E-state index in [0.29, 0.717) is 13.0 Å². The Kier molecular flexibility index (Phi) is 5.63. The molecule has 3 aliphatic rings. The Hall–Kier alpha value is -3.13. The van der Waals surface area contributed by atoms with E-state index in [9.17, 15) is 14.3 Å². The van der Waals surface area contributed by atoms with Crippen LogP contribution < -0.4 is 11.5 Å². The molecule has 4 rings (SSSR count). The van der Waals surface area contributed by atoms with Crippen LogP contribution in [0.2, 0.25) is 0 Å². The molecule has 0 spiro atoms. The summed E-state index contributed by atoms with van der Waals surface area (Å²) in [6, 6.07) is 3.62. The molecule has 34 heavy (non-hydrogen) atoms. The van der Waals surface area contributed by atoms with E-state index >= 15 is 4.39 Å². The summed E-state index contributed by atoms with van der Waals surface area (Å²) in [6.07, 6.45) is 5.06. The number of amides is 1. The van der Waals surface area contributed by atoms with Crippen molar-refractivity contribution < 1.29 is 13.4 Å². The number of primary amides is 1. The maximum atomic E-state index is 15.3. The van der Waals surface area contributed by atoms with Crippen LogP contribution in [-0.4, -0.2) is 50.2 Å². The van der Waals surface area contributed by atoms with Crippen LogP contribution in [0.4, 0.5) is 4.39 Å². The molecule has 5 unspecified atom stereocenters. The second-order valence-electron chi connectivity index (χ2n) is 9.70. The van der Waals surface area contributed by atoms with Gasteiger partial charge in [-0.1, -0.05) is 6.08 Å². The summed E-state index contributed by atoms with van der Waals surface area (Å²) in [5.74, 6) is -1.20. The molecule has 9 nitrogen and oxygen atoms in total. The number of hydrogen-bond acceptors (Lipinski definition) is 8. The van der Waals surface area contributed by atoms with Gasteiger partial charge in [0.25, 0.3) is 0 Å². The van der Waals surface area contributed by atoms with Gasteiger partial charge in [0.1, 0.15) is 39.7 Å². The van der Waals surface area contributed by atoms with Crippen molar-refractivity contribution in [2.75, 3.05) is 12.3 Å². The first kappa shape index (κ1) is 24.0. The van der Waals surface area contributed by atoms with Crippen LogP contribution in [0.15, 0.2) is 38.1 Å². The van der Waals surface area contributed by atoms with Gasteiger partial charge in [-0.05, 0) is 52.2 Å². The van der Waals surface area contributed by atoms with Crippen LogP contribution >= 0.6 is 0 Å². The standard InChI is InChI=1S/C23H28FN7O2S/c1-21(10-14(11-25)12-28-18(21)19(26)32)16-7-6-15(24)17(30-16)22(2)13-34(33)23(3,20(27)31-22)8-4-5-9-29-34/h6-7,10,12,18H,4-5,8-9,13H2,1-3H3,(H2,26,32)(H2,27,31). The van der Waals surface area contributed by atoms with Gasteiger partial charge in [0.05, 0.1) is 32.2 Å². The van der Waals surface area contributed by atoms with Gasteiger partial charge < -0.3 is 11.5 Å². The first-order chi connectivity index (χ1) is 15.9. The van der Waals surface area contributed by atoms with Gasteiger partial charge in [-0.2, -0.15) is 5.26 Å². The van der Waals surface area contributed by atoms with E-state index in [1.807, 2.05) is 13.0 Å². The third-order valence-electron chi connectivity index (χ3n) is 7.14. The van der Waals surface area contributed by atoms with Crippen molar-refractivity contribution in [3.05, 3.63) is 41.0 Å². The van der Waals surface area contributed by atoms with E-state index < -0.39 is 43.2 Å². The molecule has 0 radical (unpaired) electrons. The number of carbonyl (C=O) groups excluding carboxylic acids is 1. The van der Waals surface area contributed by atoms with Gasteiger partial charge in [-0.3, -0.25) is 19.8 Å². The van der Waals surface area contributed by atoms with Crippen LogP contribution in [-0.2, 0) is 25.5 Å². The van der Waals surface area contributed by atoms with E-state index in [-0.39, 0.29) is 28.5 Å². The lowest BCUT2D eigenvalue weighted by Crippen LogP contribution is -2.56. The maximum Gasteiger partial charge on any atom is 0.243 e. The molecule has 0 saturated heterocycles. The van der Waals surface area contributed by atoms with E-state index in [4.69, 9.17) is 11.5 Å². The van der Waals surface area contributed by atoms with Gasteiger partial charge in [0.15, 0.2) is 0 Å². The van der Waals surface area contributed by atoms with Gasteiger partial charge in [0.2, 0.25) is 5.91 Å². The number of pyridine rings is 1. The molecule has 0 aromatic carbocycles. The van der Waals surface area contributed by atoms with Crippen molar-refractivity contribution >= 4 is 27.7 Å². The van der Waals surface area contributed by atoms with Crippen LogP contribution in [0.5, 0.6) is 0 Å². The molecule has 0 fully saturated rings. The van der Waals surface area contributed by atoms with Crippen molar-refractivity contribution in [3.8, 4) is 6.07 Å². The third-order valence-corrected chi connectivity index (χ3v) is 10.5. The zero-order chi connectivity index (χ0) is 24.9. The van der Waals surface area contributed by atoms with E-state index in [1.54, 1.807) is 19.9 Å². The Morgan fingerprint density at radius 3 is 2.71 bits per heavy atom. The Morgan fingerprint density at radius 2 is 2.03 bits per heavy atom. The maximum absolute atomic E-state index is 15.3. The SMILES string of the molecule is CC1(c2nc(C3(C)C=C(C#N)C=NC3C(N)=O)ccc2F)CS2(=O)=NCCCCC2(C)C(N)=N1. The van der Waals surface area contributed by atoms with E-state index in [1.165, 1.54) is 18.3 Å². The lowest BCUT2D eigenvalue weighted by molar-refractivity contribution is -0.120. The number of halogens is 1. The molecule has 1 aromatic heterocycles. The third kappa shape index (κ3) is 3.52. The molecule has 0 aliphatic carbocycles. The minimum Gasteiger partial charge on any atom is -0.386 e. The number of carbonyl (C=O) groups is 1. The average molecular weight is 486 g/mol. The first-order valence-electron chi connectivity index (χ1n) is 11.1. The van der Waals surface area contributed by atoms with Crippen LogP contribution in [0.3, 0.4) is 0 Å². The highest BCUT2D eigenvalue weighted by Gasteiger charge is 2.52. The molecule has 0 bridgehead atoms. The second kappa shape index (κ2) is 7.98. The number of amidine groups is 1. The molecule has 4 heterocycles. The topological polar surface area (TPSA) is 160 Å². The van der Waals surface area contributed by atoms with Crippen molar-refractivity contribution in [2.24, 2.45) is 25.8 Å². The van der Waals surface area contributed by atoms with Crippen LogP contribution in [0.25, 0.3) is 0 Å². The number of nitriles is 1. The van der Waals surface area contributed by atoms with Crippen molar-refractivity contribution in [3.63, 3.8) is 0 Å². The number of nitrogens with zero attached hydrogens (tertiary/aromatic N) is 5. The van der Waals surface area contributed by atoms with Crippen molar-refractivity contribution in [2.45, 2.75) is 61.8 Å². The summed E-state index contributed by atoms with van der Waals surface area (Å²) in [7, 11) is -2.87. The number of aliphatic imine (C=N–C) groups is 2. The first-order valence-corrected chi connectivity index (χ1v) is 12.8. The van der Waals surface area contributed by atoms with Crippen molar-refractivity contribution in [1.29, 1.82) is 5.26 Å². The smallest absolute Gasteiger partial charge is 0.243 e. The molecule has 180 valence electrons. The second-order valence-corrected chi connectivity index (χ2v) is 12.4. The van der Waals surface area contributed by atoms with Crippen LogP contribution in [0, 0.1) is 17.1 Å². The highest BCUT2D eigenvalue weighted by atomic mass is 32.2. The molecular weight excluding hydrogens is 457 g/mol. The fourth-order valence-corrected chi connectivity index (χ4v) is 7.93. The van der Waals surface area contributed by atoms with Gasteiger partial charge in [-0.15, -0.1) is 0 Å². The summed E-state index contributed by atoms with van der Waals surface area (Å²) in [4.78, 5) is 25.5. The molecule has 1 amide bonds. The Balaban J connectivity index is 1.90. The van der Waals surface area contributed by atoms with Crippen molar-refractivity contribution in [1.82, 2.24) is 4.98 Å². The predicted octanol–water partition coefficient (Wildman–Crippen LogP) is 1.86. The molecule has 11 heteroatoms. The molecule has 1 aromatic rings. The number of fused-ring (bicyclic) bond motifs is 1. The molecule has 5 atom stereocenters. The highest BCUT2D eigenvalue weighted by molar-refractivity contribution is 7.95. The number of rotatable bonds is 3. The largest absolute Gasteiger partial charge is 0.386 e. The number of dihydropyridines is 1. The molecular formula is C23H28FN7O2S. The number of allylic oxidation sites excluding steroid dienone is 1. The van der Waals surface area contributed by atoms with E-state index in [2.05, 4.69) is 19.3 Å². The fraction of sp³-hybridized carbons (Fsp3) is 0.522. The van der Waals surface area contributed by atoms with Crippen LogP contribution in [0.1, 0.15) is 51.4 Å². The summed E-state index contributed by atoms with van der Waals surface area (Å²) in [5, 5.41) is 9.37. The lowest BCUT2D eigenvalue weighted by atomic mass is 9.75. The zero-order valence-corrected chi connectivity index (χ0v) is 20.2. The summed E-state index contributed by atoms with van der Waals surface area (Å²) in [6.45, 7) is 5.58. The Labute approximate surface area is 198 Å². The number of nitrogens with two attached hydrogens (primary N) is 2. The molecule has 4 N–H and O–H groups in total. The normalized spacial score (nSPS) is 37.3. The zero-order valence-electron chi connectivity index (χ0n) is 19.4. The minimum atomic E-state index is -2.87. The summed E-state index contributed by atoms with van der Waals surface area (Å²) in [5.41, 5.74) is 9.89. The lowest BCUT2D eigenvalue weighted by Gasteiger charge is -2.42. The summed E-state index contributed by atoms with van der Waals surface area (Å²) >= 11 is 0. The minimum absolute atomic E-state index is 0.0298. The molecule has 0 saturated carbocycles. The van der Waals surface area contributed by atoms with Gasteiger partial charge in [0, 0.05) is 12.8 Å². The quantitative estimate of drug-likeness (QED) is 0.667. The van der Waals surface area contributed by atoms with E-state index in [0.717, 1.165) is 12.8 Å². The number of aromatic nitrogens is 1. The van der Waals surface area contributed by atoms with Gasteiger partial charge in [-0.25, -0.2) is 13.0 Å². The average Bonchev–Trinajstić information content (AvgIpc) is 2.92.